The number of nitrogens with one attached hydrogen (secondary N) is 1. The monoisotopic (exact) mass is 246 g/mol. The summed E-state index contributed by atoms with van der Waals surface area (Å²) < 4.78 is 5.06. The van der Waals surface area contributed by atoms with Gasteiger partial charge in [0.15, 0.2) is 11.4 Å². The lowest BCUT2D eigenvalue weighted by atomic mass is 10.2. The predicted molar refractivity (Wildman–Crippen MR) is 61.7 cm³/mol. The zero-order chi connectivity index (χ0) is 13.1. The van der Waals surface area contributed by atoms with E-state index in [-0.39, 0.29) is 11.4 Å². The number of aromatic amines is 1. The van der Waals surface area contributed by atoms with Crippen LogP contribution in [-0.4, -0.2) is 27.0 Å². The number of benzene rings is 1. The van der Waals surface area contributed by atoms with E-state index in [1.807, 2.05) is 13.0 Å². The van der Waals surface area contributed by atoms with Crippen molar-refractivity contribution in [2.24, 2.45) is 0 Å². The number of aromatic nitrogens is 2. The van der Waals surface area contributed by atoms with Crippen LogP contribution in [0.4, 0.5) is 0 Å². The summed E-state index contributed by atoms with van der Waals surface area (Å²) in [5.41, 5.74) is 0.403. The Bertz CT molecular complexity index is 604. The summed E-state index contributed by atoms with van der Waals surface area (Å²) in [6.45, 7) is 1.86. The second-order valence-electron chi connectivity index (χ2n) is 3.64. The number of ether oxygens (including phenoxy) is 1. The number of hydrogen-bond donors (Lipinski definition) is 2. The topological polar surface area (TPSA) is 92.3 Å². The Morgan fingerprint density at radius 2 is 2.17 bits per heavy atom. The van der Waals surface area contributed by atoms with Crippen LogP contribution in [-0.2, 0) is 0 Å². The highest BCUT2D eigenvalue weighted by molar-refractivity contribution is 6.00. The molecule has 2 rings (SSSR count). The molecular formula is C12H10N2O4. The van der Waals surface area contributed by atoms with E-state index in [1.165, 1.54) is 0 Å². The maximum absolute atomic E-state index is 11.8. The Balaban J connectivity index is 2.22. The van der Waals surface area contributed by atoms with Crippen molar-refractivity contribution in [1.82, 2.24) is 9.97 Å². The molecule has 0 fully saturated rings. The second-order valence-corrected chi connectivity index (χ2v) is 3.64. The van der Waals surface area contributed by atoms with Gasteiger partial charge in [-0.15, -0.1) is 0 Å². The first kappa shape index (κ1) is 11.8. The number of rotatable bonds is 3. The molecule has 0 amide bonds. The van der Waals surface area contributed by atoms with Gasteiger partial charge in [-0.3, -0.25) is 0 Å². The number of carboxylic acids is 1. The summed E-state index contributed by atoms with van der Waals surface area (Å²) in [5.74, 6) is -1.71. The SMILES string of the molecule is Cc1cccc(OC(=O)c2[nH]cnc2C(=O)O)c1. The van der Waals surface area contributed by atoms with E-state index in [0.717, 1.165) is 11.9 Å². The van der Waals surface area contributed by atoms with Gasteiger partial charge in [-0.2, -0.15) is 0 Å². The molecule has 0 radical (unpaired) electrons. The highest BCUT2D eigenvalue weighted by atomic mass is 16.5. The number of imidazole rings is 1. The van der Waals surface area contributed by atoms with Crippen LogP contribution in [0.25, 0.3) is 0 Å². The van der Waals surface area contributed by atoms with E-state index in [4.69, 9.17) is 9.84 Å². The van der Waals surface area contributed by atoms with Crippen LogP contribution in [0.2, 0.25) is 0 Å². The Kier molecular flexibility index (Phi) is 3.09. The molecule has 0 bridgehead atoms. The van der Waals surface area contributed by atoms with Crippen LogP contribution in [0.5, 0.6) is 5.75 Å². The molecule has 1 aromatic heterocycles. The summed E-state index contributed by atoms with van der Waals surface area (Å²) in [6, 6.07) is 6.88. The lowest BCUT2D eigenvalue weighted by molar-refractivity contribution is 0.0661. The smallest absolute Gasteiger partial charge is 0.362 e. The fraction of sp³-hybridized carbons (Fsp3) is 0.0833. The van der Waals surface area contributed by atoms with E-state index >= 15 is 0 Å². The summed E-state index contributed by atoms with van der Waals surface area (Å²) in [6.07, 6.45) is 1.14. The van der Waals surface area contributed by atoms with Gasteiger partial charge in [-0.25, -0.2) is 14.6 Å². The third kappa shape index (κ3) is 2.37. The van der Waals surface area contributed by atoms with E-state index in [1.54, 1.807) is 18.2 Å². The highest BCUT2D eigenvalue weighted by Gasteiger charge is 2.21. The average Bonchev–Trinajstić information content (AvgIpc) is 2.77. The van der Waals surface area contributed by atoms with Crippen LogP contribution in [0.3, 0.4) is 0 Å². The fourth-order valence-electron chi connectivity index (χ4n) is 1.45. The number of esters is 1. The molecule has 0 aliphatic heterocycles. The molecule has 1 aromatic carbocycles. The van der Waals surface area contributed by atoms with Gasteiger partial charge in [-0.1, -0.05) is 12.1 Å². The number of H-pyrrole nitrogens is 1. The van der Waals surface area contributed by atoms with Gasteiger partial charge in [-0.05, 0) is 24.6 Å². The van der Waals surface area contributed by atoms with Gasteiger partial charge in [0, 0.05) is 0 Å². The molecule has 6 heteroatoms. The third-order valence-corrected chi connectivity index (χ3v) is 2.25. The lowest BCUT2D eigenvalue weighted by Gasteiger charge is -2.03. The molecule has 0 saturated heterocycles. The third-order valence-electron chi connectivity index (χ3n) is 2.25. The highest BCUT2D eigenvalue weighted by Crippen LogP contribution is 2.15. The van der Waals surface area contributed by atoms with Crippen LogP contribution in [0.1, 0.15) is 26.5 Å². The Morgan fingerprint density at radius 1 is 1.39 bits per heavy atom. The van der Waals surface area contributed by atoms with Crippen molar-refractivity contribution in [3.05, 3.63) is 47.5 Å². The minimum absolute atomic E-state index is 0.177. The summed E-state index contributed by atoms with van der Waals surface area (Å²) >= 11 is 0. The maximum Gasteiger partial charge on any atom is 0.362 e. The Labute approximate surface area is 102 Å². The molecule has 2 aromatic rings. The van der Waals surface area contributed by atoms with Crippen molar-refractivity contribution < 1.29 is 19.4 Å². The van der Waals surface area contributed by atoms with Crippen LogP contribution in [0.15, 0.2) is 30.6 Å². The molecule has 92 valence electrons. The van der Waals surface area contributed by atoms with Crippen LogP contribution in [0, 0.1) is 6.92 Å². The predicted octanol–water partition coefficient (Wildman–Crippen LogP) is 1.64. The maximum atomic E-state index is 11.8. The van der Waals surface area contributed by atoms with Gasteiger partial charge in [0.1, 0.15) is 5.75 Å². The fourth-order valence-corrected chi connectivity index (χ4v) is 1.45. The largest absolute Gasteiger partial charge is 0.476 e. The van der Waals surface area contributed by atoms with Gasteiger partial charge in [0.25, 0.3) is 0 Å². The summed E-state index contributed by atoms with van der Waals surface area (Å²) in [4.78, 5) is 28.6. The average molecular weight is 246 g/mol. The van der Waals surface area contributed by atoms with Crippen molar-refractivity contribution in [3.8, 4) is 5.75 Å². The van der Waals surface area contributed by atoms with E-state index in [2.05, 4.69) is 9.97 Å². The standard InChI is InChI=1S/C12H10N2O4/c1-7-3-2-4-8(5-7)18-12(17)10-9(11(15)16)13-6-14-10/h2-6H,1H3,(H,13,14)(H,15,16). The number of carbonyl (C=O) groups excluding carboxylic acids is 1. The zero-order valence-electron chi connectivity index (χ0n) is 9.51. The van der Waals surface area contributed by atoms with Crippen molar-refractivity contribution in [1.29, 1.82) is 0 Å². The van der Waals surface area contributed by atoms with Gasteiger partial charge >= 0.3 is 11.9 Å². The van der Waals surface area contributed by atoms with Gasteiger partial charge in [0.05, 0.1) is 6.33 Å². The minimum atomic E-state index is -1.28. The quantitative estimate of drug-likeness (QED) is 0.634. The summed E-state index contributed by atoms with van der Waals surface area (Å²) in [7, 11) is 0. The number of hydrogen-bond acceptors (Lipinski definition) is 4. The molecular weight excluding hydrogens is 236 g/mol. The number of nitrogens with zero attached hydrogens (tertiary/aromatic N) is 1. The Hall–Kier alpha value is -2.63. The molecule has 0 saturated carbocycles. The molecule has 18 heavy (non-hydrogen) atoms. The summed E-state index contributed by atoms with van der Waals surface area (Å²) in [5, 5.41) is 8.82. The lowest BCUT2D eigenvalue weighted by Crippen LogP contribution is -2.14. The first-order valence-corrected chi connectivity index (χ1v) is 5.13. The number of carbonyl (C=O) groups is 2. The van der Waals surface area contributed by atoms with E-state index < -0.39 is 11.9 Å². The van der Waals surface area contributed by atoms with Crippen molar-refractivity contribution in [3.63, 3.8) is 0 Å². The Morgan fingerprint density at radius 3 is 2.83 bits per heavy atom. The molecule has 0 atom stereocenters. The van der Waals surface area contributed by atoms with E-state index in [9.17, 15) is 9.59 Å². The first-order valence-electron chi connectivity index (χ1n) is 5.13. The van der Waals surface area contributed by atoms with Gasteiger partial charge in [0.2, 0.25) is 0 Å². The van der Waals surface area contributed by atoms with Crippen molar-refractivity contribution in [2.75, 3.05) is 0 Å². The second kappa shape index (κ2) is 4.70. The number of aryl methyl sites for hydroxylation is 1. The number of aromatic carboxylic acids is 1. The van der Waals surface area contributed by atoms with E-state index in [0.29, 0.717) is 5.75 Å². The first-order chi connectivity index (χ1) is 8.58. The normalized spacial score (nSPS) is 10.1. The van der Waals surface area contributed by atoms with Crippen LogP contribution >= 0.6 is 0 Å². The molecule has 0 aliphatic carbocycles. The molecule has 0 spiro atoms. The molecule has 0 unspecified atom stereocenters. The van der Waals surface area contributed by atoms with Crippen molar-refractivity contribution >= 4 is 11.9 Å². The van der Waals surface area contributed by atoms with Crippen molar-refractivity contribution in [2.45, 2.75) is 6.92 Å². The zero-order valence-corrected chi connectivity index (χ0v) is 9.51. The molecule has 2 N–H and O–H groups in total. The minimum Gasteiger partial charge on any atom is -0.476 e. The molecule has 1 heterocycles. The molecule has 6 nitrogen and oxygen atoms in total. The van der Waals surface area contributed by atoms with Gasteiger partial charge < -0.3 is 14.8 Å². The number of carboxylic acid groups (broad SMARTS) is 1. The molecule has 0 aliphatic rings. The van der Waals surface area contributed by atoms with Crippen LogP contribution < -0.4 is 4.74 Å².